The average molecular weight is 328 g/mol. The summed E-state index contributed by atoms with van der Waals surface area (Å²) in [5.74, 6) is 1.34. The smallest absolute Gasteiger partial charge is 0.224 e. The Hall–Kier alpha value is -1.03. The molecule has 0 bridgehead atoms. The first-order valence-corrected chi connectivity index (χ1v) is 7.84. The monoisotopic (exact) mass is 327 g/mol. The zero-order chi connectivity index (χ0) is 14.3. The topological polar surface area (TPSA) is 38.3 Å². The predicted octanol–water partition coefficient (Wildman–Crippen LogP) is 4.35. The Labute approximate surface area is 123 Å². The quantitative estimate of drug-likeness (QED) is 0.756. The largest absolute Gasteiger partial charge is 0.494 e. The van der Waals surface area contributed by atoms with Crippen LogP contribution in [-0.4, -0.2) is 12.5 Å². The number of rotatable bonds is 7. The van der Waals surface area contributed by atoms with E-state index in [1.807, 2.05) is 25.1 Å². The van der Waals surface area contributed by atoms with E-state index < -0.39 is 0 Å². The van der Waals surface area contributed by atoms with E-state index in [1.54, 1.807) is 0 Å². The third-order valence-electron chi connectivity index (χ3n) is 3.02. The minimum Gasteiger partial charge on any atom is -0.494 e. The average Bonchev–Trinajstić information content (AvgIpc) is 2.40. The Balaban J connectivity index is 2.71. The van der Waals surface area contributed by atoms with E-state index in [-0.39, 0.29) is 5.91 Å². The van der Waals surface area contributed by atoms with Crippen LogP contribution in [0.1, 0.15) is 39.2 Å². The molecule has 1 aromatic carbocycles. The van der Waals surface area contributed by atoms with Crippen molar-refractivity contribution in [2.75, 3.05) is 11.9 Å². The van der Waals surface area contributed by atoms with Crippen molar-refractivity contribution in [1.29, 1.82) is 0 Å². The van der Waals surface area contributed by atoms with Gasteiger partial charge in [-0.25, -0.2) is 0 Å². The lowest BCUT2D eigenvalue weighted by atomic mass is 10.0. The van der Waals surface area contributed by atoms with Gasteiger partial charge in [0.25, 0.3) is 0 Å². The fraction of sp³-hybridized carbons (Fsp3) is 0.533. The van der Waals surface area contributed by atoms with Crippen molar-refractivity contribution in [3.05, 3.63) is 23.8 Å². The van der Waals surface area contributed by atoms with Gasteiger partial charge in [0, 0.05) is 23.0 Å². The summed E-state index contributed by atoms with van der Waals surface area (Å²) in [5, 5.41) is 3.64. The molecule has 0 heterocycles. The molecule has 0 spiro atoms. The number of nitrogens with one attached hydrogen (secondary N) is 1. The summed E-state index contributed by atoms with van der Waals surface area (Å²) in [6.45, 7) is 6.78. The lowest BCUT2D eigenvalue weighted by Crippen LogP contribution is -2.15. The van der Waals surface area contributed by atoms with Crippen LogP contribution in [0.4, 0.5) is 5.69 Å². The minimum absolute atomic E-state index is 0.0685. The van der Waals surface area contributed by atoms with Crippen molar-refractivity contribution in [2.24, 2.45) is 5.92 Å². The first-order valence-electron chi connectivity index (χ1n) is 6.72. The molecule has 0 saturated carbocycles. The van der Waals surface area contributed by atoms with E-state index >= 15 is 0 Å². The van der Waals surface area contributed by atoms with E-state index in [0.29, 0.717) is 24.3 Å². The van der Waals surface area contributed by atoms with Crippen LogP contribution in [0.2, 0.25) is 0 Å². The molecular weight excluding hydrogens is 306 g/mol. The molecule has 1 unspecified atom stereocenters. The van der Waals surface area contributed by atoms with Crippen molar-refractivity contribution in [1.82, 2.24) is 0 Å². The predicted molar refractivity (Wildman–Crippen MR) is 82.9 cm³/mol. The van der Waals surface area contributed by atoms with Crippen LogP contribution in [0.3, 0.4) is 0 Å². The number of anilines is 1. The molecule has 1 N–H and O–H groups in total. The molecule has 1 aromatic rings. The van der Waals surface area contributed by atoms with E-state index in [4.69, 9.17) is 4.74 Å². The number of benzene rings is 1. The molecule has 0 saturated heterocycles. The van der Waals surface area contributed by atoms with Crippen LogP contribution in [0.25, 0.3) is 0 Å². The molecule has 1 atom stereocenters. The van der Waals surface area contributed by atoms with Gasteiger partial charge in [-0.15, -0.1) is 0 Å². The van der Waals surface area contributed by atoms with Crippen molar-refractivity contribution in [2.45, 2.75) is 38.9 Å². The highest BCUT2D eigenvalue weighted by atomic mass is 79.9. The standard InChI is InChI=1S/C15H22BrNO2/c1-4-11(3)8-15(18)17-13-6-7-14(19-5-2)12(9-13)10-16/h6-7,9,11H,4-5,8,10H2,1-3H3,(H,17,18). The van der Waals surface area contributed by atoms with Gasteiger partial charge in [0.15, 0.2) is 0 Å². The molecule has 0 fully saturated rings. The Morgan fingerprint density at radius 2 is 2.16 bits per heavy atom. The Morgan fingerprint density at radius 1 is 1.42 bits per heavy atom. The fourth-order valence-electron chi connectivity index (χ4n) is 1.73. The summed E-state index contributed by atoms with van der Waals surface area (Å²) in [6, 6.07) is 5.73. The van der Waals surface area contributed by atoms with Gasteiger partial charge in [-0.05, 0) is 31.0 Å². The summed E-state index contributed by atoms with van der Waals surface area (Å²) in [4.78, 5) is 11.8. The molecule has 0 aliphatic carbocycles. The highest BCUT2D eigenvalue weighted by Gasteiger charge is 2.09. The fourth-order valence-corrected chi connectivity index (χ4v) is 2.17. The summed E-state index contributed by atoms with van der Waals surface area (Å²) >= 11 is 3.44. The van der Waals surface area contributed by atoms with Crippen molar-refractivity contribution in [3.63, 3.8) is 0 Å². The van der Waals surface area contributed by atoms with Crippen LogP contribution in [0.5, 0.6) is 5.75 Å². The second-order valence-corrected chi connectivity index (χ2v) is 5.22. The van der Waals surface area contributed by atoms with E-state index in [9.17, 15) is 4.79 Å². The number of hydrogen-bond acceptors (Lipinski definition) is 2. The van der Waals surface area contributed by atoms with Gasteiger partial charge >= 0.3 is 0 Å². The molecule has 1 rings (SSSR count). The number of carbonyl (C=O) groups is 1. The maximum atomic E-state index is 11.8. The number of amides is 1. The van der Waals surface area contributed by atoms with Crippen molar-refractivity contribution >= 4 is 27.5 Å². The highest BCUT2D eigenvalue weighted by Crippen LogP contribution is 2.25. The zero-order valence-electron chi connectivity index (χ0n) is 11.8. The molecule has 19 heavy (non-hydrogen) atoms. The van der Waals surface area contributed by atoms with Crippen LogP contribution >= 0.6 is 15.9 Å². The Kier molecular flexibility index (Phi) is 6.92. The third-order valence-corrected chi connectivity index (χ3v) is 3.62. The number of ether oxygens (including phenoxy) is 1. The lowest BCUT2D eigenvalue weighted by Gasteiger charge is -2.12. The molecular formula is C15H22BrNO2. The van der Waals surface area contributed by atoms with Gasteiger partial charge in [-0.1, -0.05) is 36.2 Å². The van der Waals surface area contributed by atoms with Crippen LogP contribution in [0, 0.1) is 5.92 Å². The number of alkyl halides is 1. The van der Waals surface area contributed by atoms with E-state index in [1.165, 1.54) is 0 Å². The van der Waals surface area contributed by atoms with Gasteiger partial charge in [-0.3, -0.25) is 4.79 Å². The Bertz CT molecular complexity index is 421. The highest BCUT2D eigenvalue weighted by molar-refractivity contribution is 9.08. The zero-order valence-corrected chi connectivity index (χ0v) is 13.4. The Morgan fingerprint density at radius 3 is 2.74 bits per heavy atom. The minimum atomic E-state index is 0.0685. The molecule has 4 heteroatoms. The van der Waals surface area contributed by atoms with Crippen LogP contribution < -0.4 is 10.1 Å². The van der Waals surface area contributed by atoms with Crippen LogP contribution in [0.15, 0.2) is 18.2 Å². The summed E-state index contributed by atoms with van der Waals surface area (Å²) in [5.41, 5.74) is 1.87. The maximum Gasteiger partial charge on any atom is 0.224 e. The first kappa shape index (κ1) is 16.0. The molecule has 0 aliphatic rings. The van der Waals surface area contributed by atoms with Gasteiger partial charge in [0.05, 0.1) is 6.61 Å². The second-order valence-electron chi connectivity index (χ2n) is 4.65. The lowest BCUT2D eigenvalue weighted by molar-refractivity contribution is -0.117. The molecule has 0 aromatic heterocycles. The summed E-state index contributed by atoms with van der Waals surface area (Å²) in [6.07, 6.45) is 1.58. The number of hydrogen-bond donors (Lipinski definition) is 1. The van der Waals surface area contributed by atoms with Gasteiger partial charge < -0.3 is 10.1 Å². The normalized spacial score (nSPS) is 12.0. The maximum absolute atomic E-state index is 11.8. The second kappa shape index (κ2) is 8.20. The van der Waals surface area contributed by atoms with E-state index in [0.717, 1.165) is 23.4 Å². The van der Waals surface area contributed by atoms with Gasteiger partial charge in [0.2, 0.25) is 5.91 Å². The third kappa shape index (κ3) is 5.23. The molecule has 0 aliphatic heterocycles. The SMILES string of the molecule is CCOc1ccc(NC(=O)CC(C)CC)cc1CBr. The van der Waals surface area contributed by atoms with Crippen molar-refractivity contribution in [3.8, 4) is 5.75 Å². The number of halogens is 1. The van der Waals surface area contributed by atoms with Gasteiger partial charge in [0.1, 0.15) is 5.75 Å². The van der Waals surface area contributed by atoms with Crippen LogP contribution in [-0.2, 0) is 10.1 Å². The van der Waals surface area contributed by atoms with Gasteiger partial charge in [-0.2, -0.15) is 0 Å². The molecule has 106 valence electrons. The van der Waals surface area contributed by atoms with Crippen molar-refractivity contribution < 1.29 is 9.53 Å². The molecule has 3 nitrogen and oxygen atoms in total. The van der Waals surface area contributed by atoms with E-state index in [2.05, 4.69) is 35.1 Å². The molecule has 0 radical (unpaired) electrons. The first-order chi connectivity index (χ1) is 9.10. The summed E-state index contributed by atoms with van der Waals surface area (Å²) in [7, 11) is 0. The summed E-state index contributed by atoms with van der Waals surface area (Å²) < 4.78 is 5.53. The molecule has 1 amide bonds. The number of carbonyl (C=O) groups excluding carboxylic acids is 1.